The van der Waals surface area contributed by atoms with Crippen LogP contribution < -0.4 is 4.74 Å². The van der Waals surface area contributed by atoms with Gasteiger partial charge in [-0.1, -0.05) is 11.6 Å². The van der Waals surface area contributed by atoms with Gasteiger partial charge < -0.3 is 14.9 Å². The van der Waals surface area contributed by atoms with Gasteiger partial charge in [-0.3, -0.25) is 14.4 Å². The second kappa shape index (κ2) is 6.17. The number of ether oxygens (including phenoxy) is 1. The third-order valence-electron chi connectivity index (χ3n) is 4.00. The zero-order chi connectivity index (χ0) is 16.3. The molecule has 0 unspecified atom stereocenters. The second-order valence-electron chi connectivity index (χ2n) is 5.69. The Hall–Kier alpha value is -2.37. The lowest BCUT2D eigenvalue weighted by atomic mass is 9.72. The number of Topliss-reactive ketones (excluding diaryl/α,β-unsaturated/α-hetero) is 1. The van der Waals surface area contributed by atoms with Crippen LogP contribution in [0.2, 0.25) is 0 Å². The molecule has 0 bridgehead atoms. The second-order valence-corrected chi connectivity index (χ2v) is 5.69. The molecule has 0 amide bonds. The molecule has 0 atom stereocenters. The van der Waals surface area contributed by atoms with Crippen molar-refractivity contribution >= 4 is 17.7 Å². The first kappa shape index (κ1) is 16.0. The minimum Gasteiger partial charge on any atom is -0.492 e. The van der Waals surface area contributed by atoms with Crippen molar-refractivity contribution in [3.63, 3.8) is 0 Å². The highest BCUT2D eigenvalue weighted by atomic mass is 16.5. The average Bonchev–Trinajstić information content (AvgIpc) is 2.46. The zero-order valence-corrected chi connectivity index (χ0v) is 12.3. The topological polar surface area (TPSA) is 101 Å². The number of rotatable bonds is 6. The van der Waals surface area contributed by atoms with E-state index < -0.39 is 17.4 Å². The van der Waals surface area contributed by atoms with Gasteiger partial charge >= 0.3 is 11.9 Å². The summed E-state index contributed by atoms with van der Waals surface area (Å²) < 4.78 is 5.62. The number of hydrogen-bond donors (Lipinski definition) is 2. The molecular weight excluding hydrogens is 288 g/mol. The Morgan fingerprint density at radius 2 is 1.77 bits per heavy atom. The lowest BCUT2D eigenvalue weighted by Crippen LogP contribution is -2.42. The van der Waals surface area contributed by atoms with E-state index in [-0.39, 0.29) is 38.1 Å². The summed E-state index contributed by atoms with van der Waals surface area (Å²) in [7, 11) is 0. The minimum absolute atomic E-state index is 0.0163. The van der Waals surface area contributed by atoms with Gasteiger partial charge in [-0.25, -0.2) is 0 Å². The van der Waals surface area contributed by atoms with Crippen LogP contribution in [0, 0.1) is 12.3 Å². The van der Waals surface area contributed by atoms with Gasteiger partial charge in [-0.2, -0.15) is 0 Å². The predicted molar refractivity (Wildman–Crippen MR) is 77.2 cm³/mol. The molecule has 1 aromatic carbocycles. The third-order valence-corrected chi connectivity index (χ3v) is 4.00. The van der Waals surface area contributed by atoms with Crippen molar-refractivity contribution in [2.24, 2.45) is 5.41 Å². The minimum atomic E-state index is -1.09. The maximum atomic E-state index is 12.9. The van der Waals surface area contributed by atoms with E-state index in [9.17, 15) is 14.4 Å². The molecular formula is C16H18O6. The standard InChI is InChI=1S/C16H18O6/c1-10-2-3-12-11(8-10)15(21)16(9-22-12,6-4-13(17)18)7-5-14(19)20/h2-3,8H,4-7,9H2,1H3,(H,17,18)(H,19,20). The van der Waals surface area contributed by atoms with Crippen LogP contribution in [0.1, 0.15) is 41.6 Å². The van der Waals surface area contributed by atoms with E-state index in [1.54, 1.807) is 12.1 Å². The van der Waals surface area contributed by atoms with Crippen LogP contribution in [0.5, 0.6) is 5.75 Å². The molecule has 0 spiro atoms. The maximum absolute atomic E-state index is 12.9. The van der Waals surface area contributed by atoms with E-state index in [0.717, 1.165) is 5.56 Å². The van der Waals surface area contributed by atoms with Crippen molar-refractivity contribution in [2.75, 3.05) is 6.61 Å². The molecule has 6 nitrogen and oxygen atoms in total. The van der Waals surface area contributed by atoms with Crippen LogP contribution in [0.15, 0.2) is 18.2 Å². The number of aliphatic carboxylic acids is 2. The summed E-state index contributed by atoms with van der Waals surface area (Å²) in [6.45, 7) is 1.86. The molecule has 2 N–H and O–H groups in total. The highest BCUT2D eigenvalue weighted by molar-refractivity contribution is 6.04. The molecule has 22 heavy (non-hydrogen) atoms. The first-order chi connectivity index (χ1) is 10.3. The molecule has 0 fully saturated rings. The van der Waals surface area contributed by atoms with Crippen LogP contribution in [0.3, 0.4) is 0 Å². The fourth-order valence-corrected chi connectivity index (χ4v) is 2.70. The SMILES string of the molecule is Cc1ccc2c(c1)C(=O)C(CCC(=O)O)(CCC(=O)O)CO2. The summed E-state index contributed by atoms with van der Waals surface area (Å²) in [4.78, 5) is 34.6. The molecule has 2 rings (SSSR count). The Morgan fingerprint density at radius 1 is 1.18 bits per heavy atom. The number of aryl methyl sites for hydroxylation is 1. The molecule has 118 valence electrons. The number of carboxylic acid groups (broad SMARTS) is 2. The van der Waals surface area contributed by atoms with Crippen molar-refractivity contribution in [3.8, 4) is 5.75 Å². The van der Waals surface area contributed by atoms with Crippen LogP contribution in [0.25, 0.3) is 0 Å². The van der Waals surface area contributed by atoms with E-state index in [0.29, 0.717) is 11.3 Å². The van der Waals surface area contributed by atoms with Crippen molar-refractivity contribution in [2.45, 2.75) is 32.6 Å². The van der Waals surface area contributed by atoms with Gasteiger partial charge in [-0.05, 0) is 31.9 Å². The number of fused-ring (bicyclic) bond motifs is 1. The van der Waals surface area contributed by atoms with Gasteiger partial charge in [0.25, 0.3) is 0 Å². The normalized spacial score (nSPS) is 15.8. The van der Waals surface area contributed by atoms with Gasteiger partial charge in [0.1, 0.15) is 12.4 Å². The Kier molecular flexibility index (Phi) is 4.49. The highest BCUT2D eigenvalue weighted by Crippen LogP contribution is 2.41. The lowest BCUT2D eigenvalue weighted by Gasteiger charge is -2.36. The van der Waals surface area contributed by atoms with Crippen molar-refractivity contribution in [1.82, 2.24) is 0 Å². The summed E-state index contributed by atoms with van der Waals surface area (Å²) in [6.07, 6.45) is -0.255. The van der Waals surface area contributed by atoms with E-state index in [1.807, 2.05) is 13.0 Å². The van der Waals surface area contributed by atoms with Gasteiger partial charge in [0.2, 0.25) is 0 Å². The Balaban J connectivity index is 2.34. The zero-order valence-electron chi connectivity index (χ0n) is 12.3. The maximum Gasteiger partial charge on any atom is 0.303 e. The smallest absolute Gasteiger partial charge is 0.303 e. The summed E-state index contributed by atoms with van der Waals surface area (Å²) in [5, 5.41) is 17.8. The summed E-state index contributed by atoms with van der Waals surface area (Å²) in [5.74, 6) is -1.79. The van der Waals surface area contributed by atoms with Gasteiger partial charge in [-0.15, -0.1) is 0 Å². The molecule has 1 aliphatic rings. The van der Waals surface area contributed by atoms with Crippen molar-refractivity contribution in [3.05, 3.63) is 29.3 Å². The van der Waals surface area contributed by atoms with Gasteiger partial charge in [0.05, 0.1) is 11.0 Å². The molecule has 0 aliphatic carbocycles. The number of carbonyl (C=O) groups is 3. The Morgan fingerprint density at radius 3 is 2.32 bits per heavy atom. The van der Waals surface area contributed by atoms with Crippen LogP contribution in [-0.4, -0.2) is 34.5 Å². The Bertz CT molecular complexity index is 601. The summed E-state index contributed by atoms with van der Waals surface area (Å²) >= 11 is 0. The van der Waals surface area contributed by atoms with Gasteiger partial charge in [0.15, 0.2) is 5.78 Å². The summed E-state index contributed by atoms with van der Waals surface area (Å²) in [5.41, 5.74) is 0.211. The fourth-order valence-electron chi connectivity index (χ4n) is 2.70. The average molecular weight is 306 g/mol. The first-order valence-electron chi connectivity index (χ1n) is 7.06. The number of benzene rings is 1. The van der Waals surface area contributed by atoms with Crippen LogP contribution in [0.4, 0.5) is 0 Å². The number of carboxylic acids is 2. The molecule has 1 heterocycles. The first-order valence-corrected chi connectivity index (χ1v) is 7.06. The largest absolute Gasteiger partial charge is 0.492 e. The molecule has 0 saturated heterocycles. The quantitative estimate of drug-likeness (QED) is 0.836. The van der Waals surface area contributed by atoms with Crippen molar-refractivity contribution < 1.29 is 29.3 Å². The highest BCUT2D eigenvalue weighted by Gasteiger charge is 2.44. The van der Waals surface area contributed by atoms with Crippen LogP contribution in [-0.2, 0) is 9.59 Å². The van der Waals surface area contributed by atoms with Crippen molar-refractivity contribution in [1.29, 1.82) is 0 Å². The lowest BCUT2D eigenvalue weighted by molar-refractivity contribution is -0.137. The third kappa shape index (κ3) is 3.27. The molecule has 1 aliphatic heterocycles. The monoisotopic (exact) mass is 306 g/mol. The number of hydrogen-bond acceptors (Lipinski definition) is 4. The molecule has 0 aromatic heterocycles. The summed E-state index contributed by atoms with van der Waals surface area (Å²) in [6, 6.07) is 5.24. The van der Waals surface area contributed by atoms with E-state index in [1.165, 1.54) is 0 Å². The predicted octanol–water partition coefficient (Wildman–Crippen LogP) is 2.29. The number of carbonyl (C=O) groups excluding carboxylic acids is 1. The van der Waals surface area contributed by atoms with E-state index in [4.69, 9.17) is 14.9 Å². The molecule has 0 saturated carbocycles. The Labute approximate surface area is 127 Å². The van der Waals surface area contributed by atoms with Gasteiger partial charge in [0, 0.05) is 12.8 Å². The molecule has 6 heteroatoms. The van der Waals surface area contributed by atoms with E-state index >= 15 is 0 Å². The van der Waals surface area contributed by atoms with Crippen LogP contribution >= 0.6 is 0 Å². The van der Waals surface area contributed by atoms with E-state index in [2.05, 4.69) is 0 Å². The molecule has 0 radical (unpaired) electrons. The molecule has 1 aromatic rings. The number of ketones is 1. The fraction of sp³-hybridized carbons (Fsp3) is 0.438.